The van der Waals surface area contributed by atoms with Crippen molar-refractivity contribution in [1.82, 2.24) is 10.2 Å². The van der Waals surface area contributed by atoms with Crippen LogP contribution in [0.3, 0.4) is 0 Å². The van der Waals surface area contributed by atoms with Gasteiger partial charge in [0, 0.05) is 18.3 Å². The molecular formula is C9H9BrIN3O. The monoisotopic (exact) mass is 381 g/mol. The van der Waals surface area contributed by atoms with Gasteiger partial charge >= 0.3 is 0 Å². The van der Waals surface area contributed by atoms with E-state index in [9.17, 15) is 4.79 Å². The second-order valence-electron chi connectivity index (χ2n) is 3.44. The van der Waals surface area contributed by atoms with Gasteiger partial charge in [0.25, 0.3) is 0 Å². The normalized spacial score (nSPS) is 21.1. The van der Waals surface area contributed by atoms with E-state index >= 15 is 0 Å². The molecule has 80 valence electrons. The first-order valence-electron chi connectivity index (χ1n) is 4.56. The van der Waals surface area contributed by atoms with Crippen LogP contribution < -0.4 is 4.90 Å². The average molecular weight is 382 g/mol. The van der Waals surface area contributed by atoms with Gasteiger partial charge in [-0.25, -0.2) is 0 Å². The number of halogens is 2. The van der Waals surface area contributed by atoms with Crippen LogP contribution in [0.25, 0.3) is 0 Å². The molecule has 1 aliphatic rings. The molecule has 2 heterocycles. The Kier molecular flexibility index (Phi) is 3.55. The molecule has 1 fully saturated rings. The largest absolute Gasteiger partial charge is 0.295 e. The first-order valence-corrected chi connectivity index (χ1v) is 6.76. The van der Waals surface area contributed by atoms with Crippen LogP contribution in [0.15, 0.2) is 12.1 Å². The molecule has 4 nitrogen and oxygen atoms in total. The molecule has 1 atom stereocenters. The lowest BCUT2D eigenvalue weighted by Gasteiger charge is -2.13. The Morgan fingerprint density at radius 3 is 2.87 bits per heavy atom. The zero-order valence-electron chi connectivity index (χ0n) is 7.86. The highest BCUT2D eigenvalue weighted by Crippen LogP contribution is 2.24. The number of carbonyl (C=O) groups is 1. The summed E-state index contributed by atoms with van der Waals surface area (Å²) in [6.07, 6.45) is 0.596. The number of carbonyl (C=O) groups excluding carboxylic acids is 1. The minimum Gasteiger partial charge on any atom is -0.295 e. The van der Waals surface area contributed by atoms with Crippen LogP contribution in [0.4, 0.5) is 5.82 Å². The van der Waals surface area contributed by atoms with Crippen LogP contribution in [0.2, 0.25) is 0 Å². The van der Waals surface area contributed by atoms with Crippen molar-refractivity contribution in [3.8, 4) is 0 Å². The fourth-order valence-electron chi connectivity index (χ4n) is 1.56. The molecule has 1 saturated heterocycles. The SMILES string of the molecule is O=C1CC(CBr)CN1c1ccc(I)nn1. The van der Waals surface area contributed by atoms with E-state index in [1.165, 1.54) is 0 Å². The summed E-state index contributed by atoms with van der Waals surface area (Å²) in [6.45, 7) is 0.735. The van der Waals surface area contributed by atoms with Crippen LogP contribution in [-0.2, 0) is 4.79 Å². The lowest BCUT2D eigenvalue weighted by atomic mass is 10.2. The third-order valence-corrected chi connectivity index (χ3v) is 3.81. The lowest BCUT2D eigenvalue weighted by Crippen LogP contribution is -2.25. The molecule has 0 radical (unpaired) electrons. The van der Waals surface area contributed by atoms with Gasteiger partial charge in [-0.2, -0.15) is 0 Å². The van der Waals surface area contributed by atoms with E-state index in [0.717, 1.165) is 15.6 Å². The molecule has 1 aromatic rings. The van der Waals surface area contributed by atoms with Gasteiger partial charge in [-0.15, -0.1) is 10.2 Å². The second kappa shape index (κ2) is 4.73. The minimum absolute atomic E-state index is 0.134. The Morgan fingerprint density at radius 1 is 1.53 bits per heavy atom. The predicted octanol–water partition coefficient (Wildman–Crippen LogP) is 1.83. The highest BCUT2D eigenvalue weighted by molar-refractivity contribution is 14.1. The molecule has 0 aliphatic carbocycles. The Hall–Kier alpha value is -0.240. The van der Waals surface area contributed by atoms with Gasteiger partial charge in [0.05, 0.1) is 0 Å². The second-order valence-corrected chi connectivity index (χ2v) is 5.20. The fraction of sp³-hybridized carbons (Fsp3) is 0.444. The number of alkyl halides is 1. The van der Waals surface area contributed by atoms with Gasteiger partial charge in [-0.05, 0) is 40.6 Å². The van der Waals surface area contributed by atoms with Gasteiger partial charge in [-0.1, -0.05) is 15.9 Å². The van der Waals surface area contributed by atoms with E-state index < -0.39 is 0 Å². The van der Waals surface area contributed by atoms with Gasteiger partial charge in [-0.3, -0.25) is 9.69 Å². The van der Waals surface area contributed by atoms with Crippen molar-refractivity contribution < 1.29 is 4.79 Å². The van der Waals surface area contributed by atoms with Crippen molar-refractivity contribution in [3.05, 3.63) is 15.8 Å². The molecule has 0 aromatic carbocycles. The Labute approximate surface area is 110 Å². The zero-order chi connectivity index (χ0) is 10.8. The van der Waals surface area contributed by atoms with Gasteiger partial charge in [0.2, 0.25) is 5.91 Å². The third kappa shape index (κ3) is 2.47. The number of anilines is 1. The van der Waals surface area contributed by atoms with E-state index in [-0.39, 0.29) is 5.91 Å². The summed E-state index contributed by atoms with van der Waals surface area (Å²) in [5.74, 6) is 1.18. The van der Waals surface area contributed by atoms with Crippen molar-refractivity contribution in [2.75, 3.05) is 16.8 Å². The smallest absolute Gasteiger partial charge is 0.228 e. The van der Waals surface area contributed by atoms with Crippen LogP contribution in [0, 0.1) is 9.62 Å². The van der Waals surface area contributed by atoms with Gasteiger partial charge in [0.15, 0.2) is 5.82 Å². The summed E-state index contributed by atoms with van der Waals surface area (Å²) in [6, 6.07) is 3.70. The topological polar surface area (TPSA) is 46.1 Å². The van der Waals surface area contributed by atoms with Crippen molar-refractivity contribution in [2.24, 2.45) is 5.92 Å². The Morgan fingerprint density at radius 2 is 2.33 bits per heavy atom. The van der Waals surface area contributed by atoms with Crippen molar-refractivity contribution in [2.45, 2.75) is 6.42 Å². The summed E-state index contributed by atoms with van der Waals surface area (Å²) in [7, 11) is 0. The predicted molar refractivity (Wildman–Crippen MR) is 69.0 cm³/mol. The molecule has 0 spiro atoms. The van der Waals surface area contributed by atoms with Crippen molar-refractivity contribution in [3.63, 3.8) is 0 Å². The van der Waals surface area contributed by atoms with Crippen LogP contribution >= 0.6 is 38.5 Å². The van der Waals surface area contributed by atoms with E-state index in [1.54, 1.807) is 4.90 Å². The molecule has 1 amide bonds. The van der Waals surface area contributed by atoms with E-state index in [2.05, 4.69) is 48.7 Å². The molecule has 1 unspecified atom stereocenters. The molecule has 2 rings (SSSR count). The summed E-state index contributed by atoms with van der Waals surface area (Å²) >= 11 is 5.49. The van der Waals surface area contributed by atoms with Gasteiger partial charge in [0.1, 0.15) is 3.70 Å². The molecule has 0 saturated carbocycles. The number of nitrogens with zero attached hydrogens (tertiary/aromatic N) is 3. The highest BCUT2D eigenvalue weighted by Gasteiger charge is 2.30. The zero-order valence-corrected chi connectivity index (χ0v) is 11.6. The van der Waals surface area contributed by atoms with Crippen molar-refractivity contribution in [1.29, 1.82) is 0 Å². The summed E-state index contributed by atoms with van der Waals surface area (Å²) in [5, 5.41) is 8.81. The van der Waals surface area contributed by atoms with Crippen LogP contribution in [0.1, 0.15) is 6.42 Å². The fourth-order valence-corrected chi connectivity index (χ4v) is 2.28. The first-order chi connectivity index (χ1) is 7.20. The quantitative estimate of drug-likeness (QED) is 0.580. The Bertz CT molecular complexity index is 370. The third-order valence-electron chi connectivity index (χ3n) is 2.32. The molecule has 1 aliphatic heterocycles. The maximum Gasteiger partial charge on any atom is 0.228 e. The summed E-state index contributed by atoms with van der Waals surface area (Å²) < 4.78 is 0.833. The molecule has 15 heavy (non-hydrogen) atoms. The Balaban J connectivity index is 2.18. The number of rotatable bonds is 2. The lowest BCUT2D eigenvalue weighted by molar-refractivity contribution is -0.117. The first kappa shape index (κ1) is 11.3. The molecular weight excluding hydrogens is 373 g/mol. The number of amides is 1. The summed E-state index contributed by atoms with van der Waals surface area (Å²) in [4.78, 5) is 13.4. The number of hydrogen-bond donors (Lipinski definition) is 0. The maximum absolute atomic E-state index is 11.7. The summed E-state index contributed by atoms with van der Waals surface area (Å²) in [5.41, 5.74) is 0. The average Bonchev–Trinajstić information content (AvgIpc) is 2.61. The van der Waals surface area contributed by atoms with E-state index in [4.69, 9.17) is 0 Å². The number of hydrogen-bond acceptors (Lipinski definition) is 3. The molecule has 0 N–H and O–H groups in total. The highest BCUT2D eigenvalue weighted by atomic mass is 127. The minimum atomic E-state index is 0.134. The standard InChI is InChI=1S/C9H9BrIN3O/c10-4-6-3-9(15)14(5-6)8-2-1-7(11)12-13-8/h1-2,6H,3-5H2. The molecule has 0 bridgehead atoms. The van der Waals surface area contributed by atoms with Gasteiger partial charge < -0.3 is 0 Å². The van der Waals surface area contributed by atoms with Crippen LogP contribution in [-0.4, -0.2) is 28.0 Å². The maximum atomic E-state index is 11.7. The van der Waals surface area contributed by atoms with E-state index in [1.807, 2.05) is 12.1 Å². The van der Waals surface area contributed by atoms with Crippen LogP contribution in [0.5, 0.6) is 0 Å². The molecule has 1 aromatic heterocycles. The molecule has 6 heteroatoms. The number of aromatic nitrogens is 2. The van der Waals surface area contributed by atoms with Crippen molar-refractivity contribution >= 4 is 50.2 Å². The van der Waals surface area contributed by atoms with E-state index in [0.29, 0.717) is 18.2 Å².